The van der Waals surface area contributed by atoms with Crippen molar-refractivity contribution in [2.45, 2.75) is 27.7 Å². The molecule has 0 atom stereocenters. The van der Waals surface area contributed by atoms with Crippen LogP contribution in [0.5, 0.6) is 0 Å². The van der Waals surface area contributed by atoms with Crippen LogP contribution in [0.4, 0.5) is 0 Å². The summed E-state index contributed by atoms with van der Waals surface area (Å²) in [5.41, 5.74) is 5.08. The molecule has 0 N–H and O–H groups in total. The number of carbonyl (C=O) groups is 4. The van der Waals surface area contributed by atoms with Crippen molar-refractivity contribution in [1.82, 2.24) is 39.1 Å². The molecule has 0 radical (unpaired) electrons. The van der Waals surface area contributed by atoms with E-state index in [-0.39, 0.29) is 85.1 Å². The van der Waals surface area contributed by atoms with E-state index in [0.717, 1.165) is 47.1 Å². The summed E-state index contributed by atoms with van der Waals surface area (Å²) in [4.78, 5) is 43.4. The smallest absolute Gasteiger partial charge is 0.872 e. The van der Waals surface area contributed by atoms with Gasteiger partial charge in [0.15, 0.2) is 23.1 Å². The molecule has 0 amide bonds. The molecule has 0 aliphatic carbocycles. The van der Waals surface area contributed by atoms with Crippen LogP contribution in [-0.2, 0) is 58.1 Å². The van der Waals surface area contributed by atoms with Crippen LogP contribution < -0.4 is 20.4 Å². The molecule has 4 aromatic carbocycles. The minimum Gasteiger partial charge on any atom is -0.872 e. The van der Waals surface area contributed by atoms with Gasteiger partial charge in [-0.2, -0.15) is 20.4 Å². The number of carbonyl (C=O) groups excluding carboxylic acids is 4. The molecule has 4 heterocycles. The van der Waals surface area contributed by atoms with E-state index >= 15 is 0 Å². The maximum atomic E-state index is 11.7. The topological polar surface area (TPSA) is 232 Å². The second-order valence-electron chi connectivity index (χ2n) is 14.5. The zero-order valence-electron chi connectivity index (χ0n) is 38.7. The summed E-state index contributed by atoms with van der Waals surface area (Å²) in [5.74, 6) is -2.14. The third-order valence-electron chi connectivity index (χ3n) is 8.94. The standard InChI is InChI=1S/4C13H12N2O2.2Zn/c4*1-10(16)8-13(17)11-4-2-5-12(9-11)15-7-3-6-14-15;;/h4*2-9,17H,1H3;;/q;;;;2*+2/p-4/b4*13-8-;;. The van der Waals surface area contributed by atoms with Crippen molar-refractivity contribution in [2.24, 2.45) is 0 Å². The van der Waals surface area contributed by atoms with Crippen LogP contribution in [0, 0.1) is 0 Å². The predicted octanol–water partition coefficient (Wildman–Crippen LogP) is 4.65. The number of nitrogens with zero attached hydrogens (tertiary/aromatic N) is 8. The molecule has 0 saturated carbocycles. The fourth-order valence-corrected chi connectivity index (χ4v) is 5.96. The number of hydrogen-bond donors (Lipinski definition) is 0. The Labute approximate surface area is 429 Å². The predicted molar refractivity (Wildman–Crippen MR) is 249 cm³/mol. The maximum absolute atomic E-state index is 11.7. The first kappa shape index (κ1) is 56.1. The van der Waals surface area contributed by atoms with Gasteiger partial charge in [-0.3, -0.25) is 19.2 Å². The molecule has 344 valence electrons. The molecular formula is C52H44N8O8Zn2. The average molecular weight is 1040 g/mol. The average Bonchev–Trinajstić information content (AvgIpc) is 4.18. The van der Waals surface area contributed by atoms with Crippen LogP contribution in [0.1, 0.15) is 49.9 Å². The quantitative estimate of drug-likeness (QED) is 0.0926. The van der Waals surface area contributed by atoms with Gasteiger partial charge in [-0.15, -0.1) is 0 Å². The van der Waals surface area contributed by atoms with E-state index in [9.17, 15) is 39.6 Å². The number of rotatable bonds is 12. The molecule has 0 fully saturated rings. The molecule has 8 rings (SSSR count). The molecule has 16 nitrogen and oxygen atoms in total. The SMILES string of the molecule is CC(=O)/C=C(\[O-])c1cccc(-n2cccn2)c1.CC(=O)/C=C(\[O-])c1cccc(-n2cccn2)c1.CC(=O)/C=C(\[O-])c1cccc(-n2cccn2)c1.CC(=O)/C=C(\[O-])c1cccc(-n2cccn2)c1.[Zn+2].[Zn+2]. The van der Waals surface area contributed by atoms with Crippen molar-refractivity contribution < 1.29 is 78.6 Å². The van der Waals surface area contributed by atoms with Gasteiger partial charge in [-0.25, -0.2) is 18.7 Å². The summed E-state index contributed by atoms with van der Waals surface area (Å²) in [6.45, 7) is 5.43. The molecule has 0 saturated heterocycles. The second kappa shape index (κ2) is 28.2. The van der Waals surface area contributed by atoms with Crippen LogP contribution in [0.25, 0.3) is 45.8 Å². The summed E-state index contributed by atoms with van der Waals surface area (Å²) in [6.07, 6.45) is 18.2. The van der Waals surface area contributed by atoms with E-state index in [2.05, 4.69) is 20.4 Å². The molecule has 0 unspecified atom stereocenters. The van der Waals surface area contributed by atoms with E-state index < -0.39 is 0 Å². The molecule has 0 aliphatic rings. The number of benzene rings is 4. The van der Waals surface area contributed by atoms with E-state index in [1.54, 1.807) is 165 Å². The van der Waals surface area contributed by atoms with Gasteiger partial charge >= 0.3 is 39.0 Å². The fourth-order valence-electron chi connectivity index (χ4n) is 5.96. The number of allylic oxidation sites excluding steroid dienone is 4. The summed E-state index contributed by atoms with van der Waals surface area (Å²) in [5, 5.41) is 63.0. The van der Waals surface area contributed by atoms with Crippen LogP contribution in [-0.4, -0.2) is 62.3 Å². The van der Waals surface area contributed by atoms with Crippen molar-refractivity contribution >= 4 is 46.2 Å². The van der Waals surface area contributed by atoms with Crippen molar-refractivity contribution in [3.05, 3.63) is 217 Å². The monoisotopic (exact) mass is 1040 g/mol. The van der Waals surface area contributed by atoms with Crippen molar-refractivity contribution in [1.29, 1.82) is 0 Å². The van der Waals surface area contributed by atoms with Gasteiger partial charge in [0.05, 0.1) is 22.7 Å². The molecule has 0 bridgehead atoms. The number of ketones is 4. The zero-order valence-corrected chi connectivity index (χ0v) is 44.7. The van der Waals surface area contributed by atoms with Gasteiger partial charge in [0.1, 0.15) is 0 Å². The molecule has 18 heteroatoms. The third-order valence-corrected chi connectivity index (χ3v) is 8.94. The van der Waals surface area contributed by atoms with E-state index in [1.807, 2.05) is 24.3 Å². The first-order valence-electron chi connectivity index (χ1n) is 20.7. The summed E-state index contributed by atoms with van der Waals surface area (Å²) in [6, 6.07) is 35.1. The van der Waals surface area contributed by atoms with Gasteiger partial charge in [0.2, 0.25) is 0 Å². The molecule has 70 heavy (non-hydrogen) atoms. The Morgan fingerprint density at radius 2 is 0.557 bits per heavy atom. The van der Waals surface area contributed by atoms with Crippen LogP contribution >= 0.6 is 0 Å². The molecule has 4 aromatic heterocycles. The van der Waals surface area contributed by atoms with E-state index in [4.69, 9.17) is 0 Å². The summed E-state index contributed by atoms with van der Waals surface area (Å²) >= 11 is 0. The van der Waals surface area contributed by atoms with Gasteiger partial charge in [-0.05, 0) is 147 Å². The Kier molecular flexibility index (Phi) is 22.6. The largest absolute Gasteiger partial charge is 2.00 e. The maximum Gasteiger partial charge on any atom is 2.00 e. The molecule has 8 aromatic rings. The Balaban J connectivity index is 0.000000245. The van der Waals surface area contributed by atoms with Crippen LogP contribution in [0.2, 0.25) is 0 Å². The Bertz CT molecular complexity index is 2650. The van der Waals surface area contributed by atoms with Gasteiger partial charge in [0, 0.05) is 49.6 Å². The van der Waals surface area contributed by atoms with E-state index in [1.165, 1.54) is 27.7 Å². The van der Waals surface area contributed by atoms with Crippen molar-refractivity contribution in [3.8, 4) is 22.7 Å². The normalized spacial score (nSPS) is 11.1. The van der Waals surface area contributed by atoms with Crippen LogP contribution in [0.3, 0.4) is 0 Å². The number of hydrogen-bond acceptors (Lipinski definition) is 12. The van der Waals surface area contributed by atoms with E-state index in [0.29, 0.717) is 22.3 Å². The third kappa shape index (κ3) is 17.8. The summed E-state index contributed by atoms with van der Waals surface area (Å²) < 4.78 is 6.63. The first-order chi connectivity index (χ1) is 32.7. The minimum atomic E-state index is -0.286. The summed E-state index contributed by atoms with van der Waals surface area (Å²) in [7, 11) is 0. The fraction of sp³-hybridized carbons (Fsp3) is 0.0769. The Morgan fingerprint density at radius 3 is 0.714 bits per heavy atom. The minimum absolute atomic E-state index is 0. The Morgan fingerprint density at radius 1 is 0.357 bits per heavy atom. The zero-order chi connectivity index (χ0) is 49.0. The first-order valence-corrected chi connectivity index (χ1v) is 20.7. The van der Waals surface area contributed by atoms with Crippen LogP contribution in [0.15, 0.2) is 195 Å². The second-order valence-corrected chi connectivity index (χ2v) is 14.5. The van der Waals surface area contributed by atoms with Gasteiger partial charge in [0.25, 0.3) is 0 Å². The van der Waals surface area contributed by atoms with Crippen molar-refractivity contribution in [2.75, 3.05) is 0 Å². The number of aromatic nitrogens is 8. The Hall–Kier alpha value is -8.19. The van der Waals surface area contributed by atoms with Gasteiger partial charge in [-0.1, -0.05) is 71.6 Å². The molecule has 0 spiro atoms. The molecule has 0 aliphatic heterocycles. The van der Waals surface area contributed by atoms with Gasteiger partial charge < -0.3 is 20.4 Å². The molecular weight excluding hydrogens is 995 g/mol. The van der Waals surface area contributed by atoms with Crippen molar-refractivity contribution in [3.63, 3.8) is 0 Å².